The van der Waals surface area contributed by atoms with Crippen LogP contribution in [-0.4, -0.2) is 31.0 Å². The topological polar surface area (TPSA) is 66.4 Å². The molecule has 4 nitrogen and oxygen atoms in total. The monoisotopic (exact) mass is 425 g/mol. The Hall–Kier alpha value is -1.34. The van der Waals surface area contributed by atoms with Gasteiger partial charge in [-0.05, 0) is 74.5 Å². The fourth-order valence-corrected chi connectivity index (χ4v) is 4.57. The Labute approximate surface area is 188 Å². The maximum absolute atomic E-state index is 9.83. The average molecular weight is 426 g/mol. The lowest BCUT2D eigenvalue weighted by Crippen LogP contribution is -2.38. The van der Waals surface area contributed by atoms with Crippen LogP contribution in [-0.2, 0) is 9.59 Å². The van der Waals surface area contributed by atoms with E-state index >= 15 is 0 Å². The summed E-state index contributed by atoms with van der Waals surface area (Å²) in [6, 6.07) is 0. The second-order valence-electron chi connectivity index (χ2n) is 7.61. The minimum absolute atomic E-state index is 0.380. The minimum Gasteiger partial charge on any atom is -0.396 e. The van der Waals surface area contributed by atoms with E-state index in [1.807, 2.05) is 33.6 Å². The van der Waals surface area contributed by atoms with Crippen molar-refractivity contribution in [3.8, 4) is 12.3 Å². The quantitative estimate of drug-likeness (QED) is 0.437. The highest BCUT2D eigenvalue weighted by atomic mass is 16.3. The van der Waals surface area contributed by atoms with Gasteiger partial charge in [-0.15, -0.1) is 6.42 Å². The molecule has 0 aromatic rings. The first-order valence-electron chi connectivity index (χ1n) is 12.2. The van der Waals surface area contributed by atoms with Gasteiger partial charge in [-0.1, -0.05) is 60.8 Å². The number of amides is 1. The molecule has 5 unspecified atom stereocenters. The van der Waals surface area contributed by atoms with Crippen LogP contribution in [0.5, 0.6) is 0 Å². The fourth-order valence-electron chi connectivity index (χ4n) is 4.57. The van der Waals surface area contributed by atoms with Gasteiger partial charge in [0.05, 0.1) is 0 Å². The molecule has 2 aliphatic carbocycles. The Kier molecular flexibility index (Phi) is 26.6. The van der Waals surface area contributed by atoms with Crippen molar-refractivity contribution in [3.63, 3.8) is 0 Å². The second-order valence-corrected chi connectivity index (χ2v) is 7.61. The van der Waals surface area contributed by atoms with Crippen LogP contribution in [0.4, 0.5) is 0 Å². The highest BCUT2D eigenvalue weighted by Gasteiger charge is 2.40. The standard InChI is InChI=1S/C16H30O.C4H5NO.C2H4O.2C2H6/c1-3-4-5-15-12(2)6-8-14-10-13(11-17)7-9-16(14)15;1-3-4(6)5-2;1-2-3;2*1-2/h12-17H,3-11H2,1-2H3;1H,2H3,(H,5,6);2H,1H3;2*1-2H3. The number of fused-ring (bicyclic) bond motifs is 1. The zero-order chi connectivity index (χ0) is 23.9. The molecule has 0 spiro atoms. The summed E-state index contributed by atoms with van der Waals surface area (Å²) >= 11 is 0. The molecule has 0 radical (unpaired) electrons. The first-order valence-corrected chi connectivity index (χ1v) is 12.2. The van der Waals surface area contributed by atoms with E-state index in [0.29, 0.717) is 12.5 Å². The lowest BCUT2D eigenvalue weighted by molar-refractivity contribution is -0.115. The van der Waals surface area contributed by atoms with Crippen LogP contribution in [0.1, 0.15) is 99.8 Å². The molecule has 2 fully saturated rings. The second kappa shape index (κ2) is 23.9. The number of carbonyl (C=O) groups is 2. The van der Waals surface area contributed by atoms with Crippen LogP contribution in [0.15, 0.2) is 0 Å². The molecule has 2 N–H and O–H groups in total. The van der Waals surface area contributed by atoms with Gasteiger partial charge >= 0.3 is 0 Å². The number of carbonyl (C=O) groups excluding carboxylic acids is 2. The summed E-state index contributed by atoms with van der Waals surface area (Å²) in [7, 11) is 1.49. The van der Waals surface area contributed by atoms with Crippen LogP contribution in [0.2, 0.25) is 0 Å². The third-order valence-corrected chi connectivity index (χ3v) is 5.93. The first kappa shape index (κ1) is 33.3. The molecule has 1 amide bonds. The molecule has 2 aliphatic rings. The van der Waals surface area contributed by atoms with Gasteiger partial charge in [0, 0.05) is 13.7 Å². The van der Waals surface area contributed by atoms with Crippen LogP contribution in [0.3, 0.4) is 0 Å². The van der Waals surface area contributed by atoms with Crippen LogP contribution in [0, 0.1) is 41.9 Å². The Morgan fingerprint density at radius 2 is 1.73 bits per heavy atom. The van der Waals surface area contributed by atoms with Gasteiger partial charge in [-0.2, -0.15) is 0 Å². The highest BCUT2D eigenvalue weighted by Crippen LogP contribution is 2.49. The van der Waals surface area contributed by atoms with E-state index < -0.39 is 0 Å². The number of rotatable bonds is 4. The predicted octanol–water partition coefficient (Wildman–Crippen LogP) is 5.87. The van der Waals surface area contributed by atoms with Gasteiger partial charge < -0.3 is 15.2 Å². The molecule has 0 aliphatic heterocycles. The van der Waals surface area contributed by atoms with E-state index in [4.69, 9.17) is 4.79 Å². The Balaban J connectivity index is -0.000000469. The summed E-state index contributed by atoms with van der Waals surface area (Å²) in [5.41, 5.74) is 0. The molecule has 0 heterocycles. The predicted molar refractivity (Wildman–Crippen MR) is 130 cm³/mol. The third kappa shape index (κ3) is 14.6. The zero-order valence-electron chi connectivity index (χ0n) is 21.2. The van der Waals surface area contributed by atoms with Crippen molar-refractivity contribution in [2.75, 3.05) is 13.7 Å². The number of terminal acetylenes is 1. The molecular weight excluding hydrogens is 374 g/mol. The van der Waals surface area contributed by atoms with Gasteiger partial charge in [0.15, 0.2) is 0 Å². The number of unbranched alkanes of at least 4 members (excludes halogenated alkanes) is 1. The van der Waals surface area contributed by atoms with Gasteiger partial charge in [-0.25, -0.2) is 0 Å². The Morgan fingerprint density at radius 1 is 1.17 bits per heavy atom. The molecule has 0 bridgehead atoms. The molecule has 4 heteroatoms. The van der Waals surface area contributed by atoms with Gasteiger partial charge in [0.1, 0.15) is 6.29 Å². The van der Waals surface area contributed by atoms with E-state index in [9.17, 15) is 9.90 Å². The van der Waals surface area contributed by atoms with E-state index in [-0.39, 0.29) is 5.91 Å². The lowest BCUT2D eigenvalue weighted by atomic mass is 9.59. The molecule has 2 rings (SSSR count). The smallest absolute Gasteiger partial charge is 0.295 e. The summed E-state index contributed by atoms with van der Waals surface area (Å²) in [6.07, 6.45) is 16.5. The SMILES string of the molecule is C#CC(=O)NC.CC.CC.CC=O.CCCCC1C(C)CCC2CC(CO)CCC21. The molecule has 5 atom stereocenters. The van der Waals surface area contributed by atoms with E-state index in [1.54, 1.807) is 0 Å². The van der Waals surface area contributed by atoms with E-state index in [0.717, 1.165) is 30.0 Å². The fraction of sp³-hybridized carbons (Fsp3) is 0.846. The van der Waals surface area contributed by atoms with Gasteiger partial charge in [-0.3, -0.25) is 4.79 Å². The average Bonchev–Trinajstić information content (AvgIpc) is 2.81. The number of aliphatic hydroxyl groups is 1. The van der Waals surface area contributed by atoms with Crippen molar-refractivity contribution in [1.29, 1.82) is 0 Å². The number of nitrogens with one attached hydrogen (secondary N) is 1. The van der Waals surface area contributed by atoms with E-state index in [2.05, 4.69) is 25.6 Å². The van der Waals surface area contributed by atoms with Crippen molar-refractivity contribution < 1.29 is 14.7 Å². The van der Waals surface area contributed by atoms with Crippen molar-refractivity contribution >= 4 is 12.2 Å². The third-order valence-electron chi connectivity index (χ3n) is 5.93. The number of aldehydes is 1. The molecule has 178 valence electrons. The summed E-state index contributed by atoms with van der Waals surface area (Å²) in [5.74, 6) is 5.99. The van der Waals surface area contributed by atoms with Gasteiger partial charge in [0.2, 0.25) is 0 Å². The highest BCUT2D eigenvalue weighted by molar-refractivity contribution is 5.92. The van der Waals surface area contributed by atoms with Crippen LogP contribution < -0.4 is 5.32 Å². The van der Waals surface area contributed by atoms with E-state index in [1.165, 1.54) is 65.3 Å². The molecule has 0 aromatic heterocycles. The Bertz CT molecular complexity index is 430. The maximum atomic E-state index is 9.83. The van der Waals surface area contributed by atoms with Crippen LogP contribution >= 0.6 is 0 Å². The summed E-state index contributed by atoms with van der Waals surface area (Å²) < 4.78 is 0. The minimum atomic E-state index is -0.380. The Morgan fingerprint density at radius 3 is 2.13 bits per heavy atom. The molecule has 30 heavy (non-hydrogen) atoms. The number of aliphatic hydroxyl groups excluding tert-OH is 1. The zero-order valence-corrected chi connectivity index (χ0v) is 21.2. The van der Waals surface area contributed by atoms with Crippen LogP contribution in [0.25, 0.3) is 0 Å². The summed E-state index contributed by atoms with van der Waals surface area (Å²) in [5, 5.41) is 11.6. The molecule has 0 aromatic carbocycles. The largest absolute Gasteiger partial charge is 0.396 e. The number of hydrogen-bond donors (Lipinski definition) is 2. The summed E-state index contributed by atoms with van der Waals surface area (Å²) in [6.45, 7) is 14.7. The van der Waals surface area contributed by atoms with Crippen molar-refractivity contribution in [3.05, 3.63) is 0 Å². The van der Waals surface area contributed by atoms with Crippen molar-refractivity contribution in [2.24, 2.45) is 29.6 Å². The molecule has 2 saturated carbocycles. The first-order chi connectivity index (χ1) is 14.5. The molecule has 0 saturated heterocycles. The van der Waals surface area contributed by atoms with Crippen molar-refractivity contribution in [1.82, 2.24) is 5.32 Å². The van der Waals surface area contributed by atoms with Crippen molar-refractivity contribution in [2.45, 2.75) is 99.8 Å². The summed E-state index contributed by atoms with van der Waals surface area (Å²) in [4.78, 5) is 18.6. The lowest BCUT2D eigenvalue weighted by Gasteiger charge is -2.47. The number of hydrogen-bond acceptors (Lipinski definition) is 3. The normalized spacial score (nSPS) is 25.9. The maximum Gasteiger partial charge on any atom is 0.295 e. The van der Waals surface area contributed by atoms with Gasteiger partial charge in [0.25, 0.3) is 5.91 Å². The molecular formula is C26H51NO3.